The van der Waals surface area contributed by atoms with Gasteiger partial charge < -0.3 is 5.11 Å². The van der Waals surface area contributed by atoms with Crippen LogP contribution in [0.1, 0.15) is 65.7 Å². The average Bonchev–Trinajstić information content (AvgIpc) is 2.92. The quantitative estimate of drug-likeness (QED) is 0.825. The number of aliphatic hydroxyl groups is 1. The van der Waals surface area contributed by atoms with Crippen LogP contribution in [0, 0.1) is 40.4 Å². The van der Waals surface area contributed by atoms with E-state index in [1.165, 1.54) is 12.0 Å². The lowest BCUT2D eigenvalue weighted by Gasteiger charge is -2.59. The summed E-state index contributed by atoms with van der Waals surface area (Å²) in [5.74, 6) is 2.77. The van der Waals surface area contributed by atoms with E-state index in [1.807, 2.05) is 6.08 Å². The number of fused-ring (bicyclic) bond motifs is 5. The highest BCUT2D eigenvalue weighted by Crippen LogP contribution is 2.67. The molecule has 0 aromatic heterocycles. The van der Waals surface area contributed by atoms with Crippen LogP contribution in [0.3, 0.4) is 0 Å². The summed E-state index contributed by atoms with van der Waals surface area (Å²) in [5.41, 5.74) is 1.45. The summed E-state index contributed by atoms with van der Waals surface area (Å²) in [4.78, 5) is 24.3. The topological polar surface area (TPSA) is 54.4 Å². The summed E-state index contributed by atoms with van der Waals surface area (Å²) in [6.07, 6.45) is 8.98. The molecule has 3 nitrogen and oxygen atoms in total. The molecule has 25 heavy (non-hydrogen) atoms. The number of carbonyl (C=O) groups excluding carboxylic acids is 2. The first-order valence-corrected chi connectivity index (χ1v) is 10.2. The number of Topliss-reactive ketones (excluding diaryl/α,β-unsaturated/α-hetero) is 1. The molecule has 0 aromatic carbocycles. The fourth-order valence-electron chi connectivity index (χ4n) is 7.62. The molecule has 4 aliphatic carbocycles. The Bertz CT molecular complexity index is 635. The van der Waals surface area contributed by atoms with Gasteiger partial charge in [-0.25, -0.2) is 0 Å². The molecular weight excluding hydrogens is 312 g/mol. The second-order valence-electron chi connectivity index (χ2n) is 9.76. The number of rotatable bonds is 2. The van der Waals surface area contributed by atoms with Crippen LogP contribution in [0.5, 0.6) is 0 Å². The Balaban J connectivity index is 1.72. The minimum absolute atomic E-state index is 0.0693. The Morgan fingerprint density at radius 3 is 2.64 bits per heavy atom. The highest BCUT2D eigenvalue weighted by molar-refractivity contribution is 5.91. The predicted octanol–water partition coefficient (Wildman–Crippen LogP) is 3.94. The van der Waals surface area contributed by atoms with Crippen LogP contribution in [0.25, 0.3) is 0 Å². The fraction of sp³-hybridized carbons (Fsp3) is 0.818. The van der Waals surface area contributed by atoms with Crippen molar-refractivity contribution < 1.29 is 14.7 Å². The third-order valence-electron chi connectivity index (χ3n) is 8.83. The number of hydrogen-bond acceptors (Lipinski definition) is 3. The van der Waals surface area contributed by atoms with Crippen LogP contribution >= 0.6 is 0 Å². The zero-order chi connectivity index (χ0) is 18.0. The van der Waals surface area contributed by atoms with Gasteiger partial charge in [0.15, 0.2) is 5.78 Å². The minimum Gasteiger partial charge on any atom is -0.396 e. The van der Waals surface area contributed by atoms with Gasteiger partial charge in [0.2, 0.25) is 0 Å². The summed E-state index contributed by atoms with van der Waals surface area (Å²) < 4.78 is 0. The maximum atomic E-state index is 12.2. The summed E-state index contributed by atoms with van der Waals surface area (Å²) >= 11 is 0. The monoisotopic (exact) mass is 344 g/mol. The Labute approximate surface area is 151 Å². The molecule has 0 aromatic rings. The van der Waals surface area contributed by atoms with Crippen molar-refractivity contribution in [3.8, 4) is 0 Å². The zero-order valence-electron chi connectivity index (χ0n) is 15.9. The molecule has 1 N–H and O–H groups in total. The lowest BCUT2D eigenvalue weighted by Crippen LogP contribution is -2.53. The SMILES string of the molecule is CC(=O)[C@H]1CC[C@H]2[C@@H]3CC(CO)C4=CC(=O)CC[C@]4(C)[C@H]3CC[C@]12C. The fourth-order valence-corrected chi connectivity index (χ4v) is 7.62. The molecule has 3 fully saturated rings. The van der Waals surface area contributed by atoms with Crippen molar-refractivity contribution in [1.29, 1.82) is 0 Å². The molecule has 3 saturated carbocycles. The van der Waals surface area contributed by atoms with Crippen molar-refractivity contribution in [2.75, 3.05) is 6.61 Å². The summed E-state index contributed by atoms with van der Waals surface area (Å²) in [6.45, 7) is 6.64. The summed E-state index contributed by atoms with van der Waals surface area (Å²) in [5, 5.41) is 10.1. The second-order valence-corrected chi connectivity index (χ2v) is 9.76. The number of carbonyl (C=O) groups is 2. The van der Waals surface area contributed by atoms with Crippen molar-refractivity contribution in [3.63, 3.8) is 0 Å². The van der Waals surface area contributed by atoms with E-state index < -0.39 is 0 Å². The number of ketones is 2. The maximum absolute atomic E-state index is 12.2. The second kappa shape index (κ2) is 5.77. The Morgan fingerprint density at radius 2 is 1.96 bits per heavy atom. The van der Waals surface area contributed by atoms with Crippen LogP contribution in [-0.2, 0) is 9.59 Å². The van der Waals surface area contributed by atoms with Gasteiger partial charge in [-0.05, 0) is 80.1 Å². The molecule has 0 spiro atoms. The molecular formula is C22H32O3. The minimum atomic E-state index is 0.0693. The van der Waals surface area contributed by atoms with E-state index in [9.17, 15) is 14.7 Å². The largest absolute Gasteiger partial charge is 0.396 e. The lowest BCUT2D eigenvalue weighted by atomic mass is 9.45. The van der Waals surface area contributed by atoms with Gasteiger partial charge in [0.1, 0.15) is 5.78 Å². The van der Waals surface area contributed by atoms with Gasteiger partial charge in [-0.15, -0.1) is 0 Å². The highest BCUT2D eigenvalue weighted by atomic mass is 16.3. The van der Waals surface area contributed by atoms with Crippen LogP contribution in [0.15, 0.2) is 11.6 Å². The van der Waals surface area contributed by atoms with E-state index in [1.54, 1.807) is 6.92 Å². The first kappa shape index (κ1) is 17.5. The molecule has 0 heterocycles. The van der Waals surface area contributed by atoms with Gasteiger partial charge in [0.25, 0.3) is 0 Å². The first-order valence-electron chi connectivity index (χ1n) is 10.2. The Morgan fingerprint density at radius 1 is 1.20 bits per heavy atom. The summed E-state index contributed by atoms with van der Waals surface area (Å²) in [6, 6.07) is 0. The maximum Gasteiger partial charge on any atom is 0.155 e. The molecule has 3 heteroatoms. The van der Waals surface area contributed by atoms with E-state index in [0.717, 1.165) is 32.1 Å². The molecule has 0 amide bonds. The van der Waals surface area contributed by atoms with Crippen LogP contribution in [0.2, 0.25) is 0 Å². The Kier molecular flexibility index (Phi) is 4.03. The van der Waals surface area contributed by atoms with Crippen molar-refractivity contribution in [2.24, 2.45) is 40.4 Å². The molecule has 0 bridgehead atoms. The average molecular weight is 344 g/mol. The third kappa shape index (κ3) is 2.34. The normalized spacial score (nSPS) is 49.0. The number of aliphatic hydroxyl groups excluding tert-OH is 1. The van der Waals surface area contributed by atoms with E-state index in [2.05, 4.69) is 13.8 Å². The first-order chi connectivity index (χ1) is 11.8. The van der Waals surface area contributed by atoms with Gasteiger partial charge >= 0.3 is 0 Å². The van der Waals surface area contributed by atoms with Crippen molar-refractivity contribution in [3.05, 3.63) is 11.6 Å². The zero-order valence-corrected chi connectivity index (χ0v) is 15.9. The number of hydrogen-bond donors (Lipinski definition) is 1. The van der Waals surface area contributed by atoms with Crippen LogP contribution in [0.4, 0.5) is 0 Å². The van der Waals surface area contributed by atoms with E-state index in [-0.39, 0.29) is 35.1 Å². The van der Waals surface area contributed by atoms with Gasteiger partial charge in [0, 0.05) is 24.9 Å². The van der Waals surface area contributed by atoms with Crippen molar-refractivity contribution >= 4 is 11.6 Å². The van der Waals surface area contributed by atoms with Crippen LogP contribution in [-0.4, -0.2) is 23.3 Å². The smallest absolute Gasteiger partial charge is 0.155 e. The van der Waals surface area contributed by atoms with E-state index in [4.69, 9.17) is 0 Å². The van der Waals surface area contributed by atoms with Gasteiger partial charge in [-0.1, -0.05) is 19.4 Å². The van der Waals surface area contributed by atoms with E-state index >= 15 is 0 Å². The molecule has 0 saturated heterocycles. The highest BCUT2D eigenvalue weighted by Gasteiger charge is 2.61. The molecule has 4 rings (SSSR count). The standard InChI is InChI=1S/C22H32O3/c1-13(24)17-4-5-18-16-10-14(12-23)20-11-15(25)6-8-22(20,3)19(16)7-9-21(17,18)2/h11,14,16-19,23H,4-10,12H2,1-3H3/t14?,16-,17+,18-,19-,21+,22+/m0/s1. The predicted molar refractivity (Wildman–Crippen MR) is 96.8 cm³/mol. The Hall–Kier alpha value is -0.960. The third-order valence-corrected chi connectivity index (χ3v) is 8.83. The molecule has 0 aliphatic heterocycles. The molecule has 0 radical (unpaired) electrons. The molecule has 138 valence electrons. The molecule has 7 atom stereocenters. The van der Waals surface area contributed by atoms with Gasteiger partial charge in [0.05, 0.1) is 0 Å². The van der Waals surface area contributed by atoms with Crippen molar-refractivity contribution in [2.45, 2.75) is 65.7 Å². The van der Waals surface area contributed by atoms with Crippen molar-refractivity contribution in [1.82, 2.24) is 0 Å². The van der Waals surface area contributed by atoms with Crippen LogP contribution < -0.4 is 0 Å². The lowest BCUT2D eigenvalue weighted by molar-refractivity contribution is -0.129. The summed E-state index contributed by atoms with van der Waals surface area (Å²) in [7, 11) is 0. The van der Waals surface area contributed by atoms with E-state index in [0.29, 0.717) is 30.0 Å². The molecule has 1 unspecified atom stereocenters. The molecule has 4 aliphatic rings. The van der Waals surface area contributed by atoms with Gasteiger partial charge in [-0.2, -0.15) is 0 Å². The van der Waals surface area contributed by atoms with Gasteiger partial charge in [-0.3, -0.25) is 9.59 Å².